The number of rotatable bonds is 7. The molecule has 2 fully saturated rings. The third-order valence-electron chi connectivity index (χ3n) is 5.73. The van der Waals surface area contributed by atoms with Gasteiger partial charge in [-0.3, -0.25) is 0 Å². The van der Waals surface area contributed by atoms with Crippen LogP contribution in [0.4, 0.5) is 0 Å². The number of nitrogens with zero attached hydrogens (tertiary/aromatic N) is 1. The van der Waals surface area contributed by atoms with E-state index < -0.39 is 10.0 Å². The average Bonchev–Trinajstić information content (AvgIpc) is 2.58. The fourth-order valence-corrected chi connectivity index (χ4v) is 5.25. The van der Waals surface area contributed by atoms with Crippen molar-refractivity contribution in [1.82, 2.24) is 9.62 Å². The zero-order chi connectivity index (χ0) is 17.9. The topological polar surface area (TPSA) is 69.6 Å². The zero-order valence-corrected chi connectivity index (χ0v) is 15.8. The molecular formula is C19H30N2O3S. The number of aliphatic hydroxyl groups excluding tert-OH is 1. The molecule has 3 atom stereocenters. The molecule has 6 heteroatoms. The van der Waals surface area contributed by atoms with Crippen molar-refractivity contribution in [2.75, 3.05) is 26.0 Å². The number of aliphatic hydroxyl groups is 1. The number of hydrogen-bond donors (Lipinski definition) is 2. The molecule has 25 heavy (non-hydrogen) atoms. The predicted molar refractivity (Wildman–Crippen MR) is 100.0 cm³/mol. The molecule has 0 radical (unpaired) electrons. The van der Waals surface area contributed by atoms with E-state index in [1.807, 2.05) is 18.2 Å². The molecule has 3 rings (SSSR count). The highest BCUT2D eigenvalue weighted by atomic mass is 32.2. The van der Waals surface area contributed by atoms with Gasteiger partial charge in [-0.1, -0.05) is 49.6 Å². The lowest BCUT2D eigenvalue weighted by atomic mass is 9.77. The van der Waals surface area contributed by atoms with Crippen LogP contribution < -0.4 is 5.32 Å². The van der Waals surface area contributed by atoms with Crippen molar-refractivity contribution in [3.8, 4) is 0 Å². The molecule has 140 valence electrons. The highest BCUT2D eigenvalue weighted by molar-refractivity contribution is 7.88. The van der Waals surface area contributed by atoms with E-state index in [4.69, 9.17) is 0 Å². The van der Waals surface area contributed by atoms with Gasteiger partial charge in [-0.05, 0) is 24.3 Å². The molecule has 1 aliphatic heterocycles. The minimum Gasteiger partial charge on any atom is -0.395 e. The van der Waals surface area contributed by atoms with Crippen LogP contribution in [0.2, 0.25) is 0 Å². The largest absolute Gasteiger partial charge is 0.395 e. The lowest BCUT2D eigenvalue weighted by molar-refractivity contribution is 0.111. The first-order valence-corrected chi connectivity index (χ1v) is 11.2. The lowest BCUT2D eigenvalue weighted by Crippen LogP contribution is -2.65. The van der Waals surface area contributed by atoms with Gasteiger partial charge in [0.1, 0.15) is 0 Å². The molecule has 1 aliphatic carbocycles. The number of benzene rings is 1. The molecule has 0 aromatic heterocycles. The maximum Gasteiger partial charge on any atom is 0.211 e. The van der Waals surface area contributed by atoms with Crippen molar-refractivity contribution in [2.24, 2.45) is 5.92 Å². The van der Waals surface area contributed by atoms with Crippen molar-refractivity contribution in [3.05, 3.63) is 35.9 Å². The molecule has 1 heterocycles. The molecule has 1 aromatic rings. The van der Waals surface area contributed by atoms with Gasteiger partial charge in [0.15, 0.2) is 0 Å². The van der Waals surface area contributed by atoms with Crippen LogP contribution in [-0.4, -0.2) is 55.9 Å². The third-order valence-corrected chi connectivity index (χ3v) is 6.97. The highest BCUT2D eigenvalue weighted by Crippen LogP contribution is 2.33. The Labute approximate surface area is 151 Å². The van der Waals surface area contributed by atoms with Crippen LogP contribution >= 0.6 is 0 Å². The molecule has 1 saturated carbocycles. The second-order valence-electron chi connectivity index (χ2n) is 7.58. The Morgan fingerprint density at radius 2 is 1.76 bits per heavy atom. The summed E-state index contributed by atoms with van der Waals surface area (Å²) in [6, 6.07) is 10.1. The van der Waals surface area contributed by atoms with Crippen LogP contribution in [-0.2, 0) is 10.0 Å². The smallest absolute Gasteiger partial charge is 0.211 e. The molecule has 1 aromatic carbocycles. The summed E-state index contributed by atoms with van der Waals surface area (Å²) in [4.78, 5) is 0. The van der Waals surface area contributed by atoms with Gasteiger partial charge in [0.2, 0.25) is 10.0 Å². The van der Waals surface area contributed by atoms with Crippen LogP contribution in [0.3, 0.4) is 0 Å². The Balaban J connectivity index is 1.70. The van der Waals surface area contributed by atoms with E-state index in [2.05, 4.69) is 17.4 Å². The SMILES string of the molecule is CS(=O)(=O)N(CC1CCCCC1)C[C@H]1N[C@H](CO)[C@@H]1c1ccccc1. The highest BCUT2D eigenvalue weighted by Gasteiger charge is 2.42. The number of hydrogen-bond acceptors (Lipinski definition) is 4. The summed E-state index contributed by atoms with van der Waals surface area (Å²) in [5, 5.41) is 13.0. The van der Waals surface area contributed by atoms with E-state index in [1.165, 1.54) is 25.5 Å². The van der Waals surface area contributed by atoms with Gasteiger partial charge < -0.3 is 10.4 Å². The second-order valence-corrected chi connectivity index (χ2v) is 9.57. The maximum absolute atomic E-state index is 12.3. The summed E-state index contributed by atoms with van der Waals surface area (Å²) in [6.45, 7) is 1.17. The van der Waals surface area contributed by atoms with E-state index in [0.29, 0.717) is 19.0 Å². The number of nitrogens with one attached hydrogen (secondary N) is 1. The first-order valence-electron chi connectivity index (χ1n) is 9.36. The van der Waals surface area contributed by atoms with Crippen molar-refractivity contribution in [1.29, 1.82) is 0 Å². The van der Waals surface area contributed by atoms with Gasteiger partial charge in [-0.15, -0.1) is 0 Å². The predicted octanol–water partition coefficient (Wildman–Crippen LogP) is 1.94. The van der Waals surface area contributed by atoms with Crippen LogP contribution in [0, 0.1) is 5.92 Å². The normalized spacial score (nSPS) is 28.0. The summed E-state index contributed by atoms with van der Waals surface area (Å²) < 4.78 is 26.3. The van der Waals surface area contributed by atoms with E-state index in [-0.39, 0.29) is 24.6 Å². The molecule has 0 bridgehead atoms. The van der Waals surface area contributed by atoms with Gasteiger partial charge in [-0.25, -0.2) is 12.7 Å². The van der Waals surface area contributed by atoms with Crippen molar-refractivity contribution < 1.29 is 13.5 Å². The zero-order valence-electron chi connectivity index (χ0n) is 15.0. The van der Waals surface area contributed by atoms with Gasteiger partial charge >= 0.3 is 0 Å². The van der Waals surface area contributed by atoms with E-state index >= 15 is 0 Å². The van der Waals surface area contributed by atoms with E-state index in [0.717, 1.165) is 18.4 Å². The molecule has 5 nitrogen and oxygen atoms in total. The van der Waals surface area contributed by atoms with E-state index in [1.54, 1.807) is 4.31 Å². The first-order chi connectivity index (χ1) is 12.0. The average molecular weight is 367 g/mol. The fraction of sp³-hybridized carbons (Fsp3) is 0.684. The summed E-state index contributed by atoms with van der Waals surface area (Å²) in [7, 11) is -3.23. The van der Waals surface area contributed by atoms with E-state index in [9.17, 15) is 13.5 Å². The maximum atomic E-state index is 12.3. The van der Waals surface area contributed by atoms with Gasteiger partial charge in [-0.2, -0.15) is 0 Å². The van der Waals surface area contributed by atoms with Gasteiger partial charge in [0.05, 0.1) is 12.9 Å². The summed E-state index contributed by atoms with van der Waals surface area (Å²) >= 11 is 0. The van der Waals surface area contributed by atoms with Crippen molar-refractivity contribution >= 4 is 10.0 Å². The van der Waals surface area contributed by atoms with Crippen molar-refractivity contribution in [2.45, 2.75) is 50.1 Å². The molecule has 0 spiro atoms. The molecule has 1 saturated heterocycles. The second kappa shape index (κ2) is 8.16. The Kier molecular flexibility index (Phi) is 6.15. The minimum absolute atomic E-state index is 0.00323. The Morgan fingerprint density at radius 3 is 2.36 bits per heavy atom. The summed E-state index contributed by atoms with van der Waals surface area (Å²) in [5.74, 6) is 0.633. The minimum atomic E-state index is -3.23. The van der Waals surface area contributed by atoms with Crippen LogP contribution in [0.1, 0.15) is 43.6 Å². The Morgan fingerprint density at radius 1 is 1.08 bits per heavy atom. The number of sulfonamides is 1. The molecule has 0 amide bonds. The summed E-state index contributed by atoms with van der Waals surface area (Å²) in [5.41, 5.74) is 1.16. The van der Waals surface area contributed by atoms with Crippen molar-refractivity contribution in [3.63, 3.8) is 0 Å². The summed E-state index contributed by atoms with van der Waals surface area (Å²) in [6.07, 6.45) is 7.27. The molecular weight excluding hydrogens is 336 g/mol. The molecule has 2 N–H and O–H groups in total. The van der Waals surface area contributed by atoms with Gasteiger partial charge in [0.25, 0.3) is 0 Å². The van der Waals surface area contributed by atoms with Crippen LogP contribution in [0.15, 0.2) is 30.3 Å². The Hall–Kier alpha value is -0.950. The van der Waals surface area contributed by atoms with Crippen LogP contribution in [0.5, 0.6) is 0 Å². The third kappa shape index (κ3) is 4.61. The molecule has 2 aliphatic rings. The first kappa shape index (κ1) is 18.8. The standard InChI is InChI=1S/C19H30N2O3S/c1-25(23,24)21(12-15-8-4-2-5-9-15)13-17-19(18(14-22)20-17)16-10-6-3-7-11-16/h3,6-7,10-11,15,17-20,22H,2,4-5,8-9,12-14H2,1H3/t17-,18-,19-/m1/s1. The Bertz CT molecular complexity index is 644. The monoisotopic (exact) mass is 366 g/mol. The fourth-order valence-electron chi connectivity index (χ4n) is 4.34. The molecule has 0 unspecified atom stereocenters. The lowest BCUT2D eigenvalue weighted by Gasteiger charge is -2.47. The quantitative estimate of drug-likeness (QED) is 0.774. The van der Waals surface area contributed by atoms with Gasteiger partial charge in [0, 0.05) is 31.1 Å². The van der Waals surface area contributed by atoms with Crippen LogP contribution in [0.25, 0.3) is 0 Å².